The van der Waals surface area contributed by atoms with Gasteiger partial charge in [-0.2, -0.15) is 0 Å². The Kier molecular flexibility index (Phi) is 4.95. The second-order valence-electron chi connectivity index (χ2n) is 3.52. The van der Waals surface area contributed by atoms with Gasteiger partial charge in [-0.05, 0) is 18.6 Å². The molecule has 0 bridgehead atoms. The average Bonchev–Trinajstić information content (AvgIpc) is 2.30. The Morgan fingerprint density at radius 2 is 1.94 bits per heavy atom. The molecule has 0 saturated heterocycles. The molecule has 0 saturated carbocycles. The second-order valence-corrected chi connectivity index (χ2v) is 3.52. The molecule has 0 aromatic heterocycles. The molecule has 0 aliphatic rings. The van der Waals surface area contributed by atoms with Crippen molar-refractivity contribution in [2.24, 2.45) is 0 Å². The first-order valence-corrected chi connectivity index (χ1v) is 5.27. The first-order valence-electron chi connectivity index (χ1n) is 5.27. The van der Waals surface area contributed by atoms with Crippen LogP contribution >= 0.6 is 0 Å². The van der Waals surface area contributed by atoms with Crippen LogP contribution in [-0.2, 0) is 4.74 Å². The molecule has 16 heavy (non-hydrogen) atoms. The Labute approximate surface area is 94.5 Å². The summed E-state index contributed by atoms with van der Waals surface area (Å²) in [6.45, 7) is 1.87. The highest BCUT2D eigenvalue weighted by atomic mass is 16.6. The van der Waals surface area contributed by atoms with Crippen molar-refractivity contribution in [1.29, 1.82) is 0 Å². The minimum absolute atomic E-state index is 0.352. The molecule has 0 aliphatic heterocycles. The molecule has 0 radical (unpaired) electrons. The summed E-state index contributed by atoms with van der Waals surface area (Å²) in [5, 5.41) is 18.8. The van der Waals surface area contributed by atoms with Crippen LogP contribution in [0.2, 0.25) is 0 Å². The molecule has 88 valence electrons. The maximum absolute atomic E-state index is 11.5. The van der Waals surface area contributed by atoms with Crippen molar-refractivity contribution in [2.75, 3.05) is 0 Å². The van der Waals surface area contributed by atoms with E-state index in [4.69, 9.17) is 4.74 Å². The Hall–Kier alpha value is -1.39. The largest absolute Gasteiger partial charge is 0.429 e. The third-order valence-electron chi connectivity index (χ3n) is 2.15. The molecule has 1 rings (SSSR count). The van der Waals surface area contributed by atoms with Crippen LogP contribution in [0.5, 0.6) is 0 Å². The number of aliphatic hydroxyl groups excluding tert-OH is 2. The van der Waals surface area contributed by atoms with Gasteiger partial charge in [-0.3, -0.25) is 0 Å². The van der Waals surface area contributed by atoms with Gasteiger partial charge < -0.3 is 14.9 Å². The van der Waals surface area contributed by atoms with Crippen LogP contribution in [0.4, 0.5) is 0 Å². The smallest absolute Gasteiger partial charge is 0.340 e. The number of ether oxygens (including phenoxy) is 1. The fourth-order valence-corrected chi connectivity index (χ4v) is 1.27. The van der Waals surface area contributed by atoms with Crippen molar-refractivity contribution in [3.05, 3.63) is 35.9 Å². The molecular formula is C12H16O4. The van der Waals surface area contributed by atoms with Crippen molar-refractivity contribution in [2.45, 2.75) is 32.2 Å². The summed E-state index contributed by atoms with van der Waals surface area (Å²) in [5.74, 6) is -0.636. The van der Waals surface area contributed by atoms with Crippen molar-refractivity contribution in [3.8, 4) is 0 Å². The molecule has 1 aromatic carbocycles. The summed E-state index contributed by atoms with van der Waals surface area (Å²) in [4.78, 5) is 11.5. The van der Waals surface area contributed by atoms with E-state index in [0.29, 0.717) is 18.4 Å². The van der Waals surface area contributed by atoms with Gasteiger partial charge in [0.15, 0.2) is 0 Å². The molecule has 0 amide bonds. The van der Waals surface area contributed by atoms with Crippen molar-refractivity contribution >= 4 is 5.97 Å². The third-order valence-corrected chi connectivity index (χ3v) is 2.15. The number of hydrogen-bond acceptors (Lipinski definition) is 4. The Balaban J connectivity index is 2.52. The van der Waals surface area contributed by atoms with Crippen LogP contribution in [-0.4, -0.2) is 28.6 Å². The zero-order chi connectivity index (χ0) is 12.0. The van der Waals surface area contributed by atoms with Gasteiger partial charge in [0, 0.05) is 0 Å². The van der Waals surface area contributed by atoms with Gasteiger partial charge in [-0.1, -0.05) is 31.5 Å². The van der Waals surface area contributed by atoms with Gasteiger partial charge in [0.05, 0.1) is 5.56 Å². The van der Waals surface area contributed by atoms with E-state index < -0.39 is 18.4 Å². The van der Waals surface area contributed by atoms with Crippen LogP contribution in [0.25, 0.3) is 0 Å². The van der Waals surface area contributed by atoms with Gasteiger partial charge in [0.1, 0.15) is 6.10 Å². The fourth-order valence-electron chi connectivity index (χ4n) is 1.27. The standard InChI is InChI=1S/C12H16O4/c1-2-6-10(13)12(15)16-11(14)9-7-4-3-5-8-9/h3-5,7-8,10,12-13,15H,2,6H2,1H3. The normalized spacial score (nSPS) is 14.2. The Morgan fingerprint density at radius 1 is 1.31 bits per heavy atom. The van der Waals surface area contributed by atoms with E-state index in [1.54, 1.807) is 30.3 Å². The number of carbonyl (C=O) groups is 1. The number of carbonyl (C=O) groups excluding carboxylic acids is 1. The van der Waals surface area contributed by atoms with E-state index in [-0.39, 0.29) is 0 Å². The second kappa shape index (κ2) is 6.25. The molecule has 0 heterocycles. The number of aliphatic hydroxyl groups is 2. The highest BCUT2D eigenvalue weighted by Gasteiger charge is 2.20. The molecule has 2 N–H and O–H groups in total. The number of esters is 1. The number of rotatable bonds is 5. The summed E-state index contributed by atoms with van der Waals surface area (Å²) < 4.78 is 4.72. The van der Waals surface area contributed by atoms with E-state index >= 15 is 0 Å². The highest BCUT2D eigenvalue weighted by molar-refractivity contribution is 5.89. The molecular weight excluding hydrogens is 208 g/mol. The predicted molar refractivity (Wildman–Crippen MR) is 58.8 cm³/mol. The molecule has 1 aromatic rings. The van der Waals surface area contributed by atoms with Gasteiger partial charge in [-0.15, -0.1) is 0 Å². The summed E-state index contributed by atoms with van der Waals surface area (Å²) in [6.07, 6.45) is -1.39. The highest BCUT2D eigenvalue weighted by Crippen LogP contribution is 2.08. The maximum Gasteiger partial charge on any atom is 0.340 e. The molecule has 0 spiro atoms. The molecule has 4 heteroatoms. The number of hydrogen-bond donors (Lipinski definition) is 2. The van der Waals surface area contributed by atoms with Crippen molar-refractivity contribution < 1.29 is 19.7 Å². The van der Waals surface area contributed by atoms with Crippen LogP contribution < -0.4 is 0 Å². The quantitative estimate of drug-likeness (QED) is 0.584. The van der Waals surface area contributed by atoms with Crippen LogP contribution in [0.3, 0.4) is 0 Å². The lowest BCUT2D eigenvalue weighted by Crippen LogP contribution is -2.30. The molecule has 0 aliphatic carbocycles. The molecule has 0 fully saturated rings. The lowest BCUT2D eigenvalue weighted by Gasteiger charge is -2.17. The van der Waals surface area contributed by atoms with Gasteiger partial charge in [-0.25, -0.2) is 4.79 Å². The topological polar surface area (TPSA) is 66.8 Å². The number of benzene rings is 1. The average molecular weight is 224 g/mol. The summed E-state index contributed by atoms with van der Waals surface area (Å²) in [5.41, 5.74) is 0.352. The maximum atomic E-state index is 11.5. The van der Waals surface area contributed by atoms with Crippen LogP contribution in [0.1, 0.15) is 30.1 Å². The first kappa shape index (κ1) is 12.7. The summed E-state index contributed by atoms with van der Waals surface area (Å²) in [6, 6.07) is 8.35. The zero-order valence-corrected chi connectivity index (χ0v) is 9.17. The van der Waals surface area contributed by atoms with E-state index in [0.717, 1.165) is 0 Å². The first-order chi connectivity index (χ1) is 7.65. The van der Waals surface area contributed by atoms with E-state index in [1.165, 1.54) is 0 Å². The van der Waals surface area contributed by atoms with E-state index in [9.17, 15) is 15.0 Å². The molecule has 4 nitrogen and oxygen atoms in total. The van der Waals surface area contributed by atoms with E-state index in [1.807, 2.05) is 6.92 Å². The molecule has 2 unspecified atom stereocenters. The SMILES string of the molecule is CCCC(O)C(O)OC(=O)c1ccccc1. The van der Waals surface area contributed by atoms with Crippen molar-refractivity contribution in [3.63, 3.8) is 0 Å². The Morgan fingerprint density at radius 3 is 2.50 bits per heavy atom. The zero-order valence-electron chi connectivity index (χ0n) is 9.17. The third kappa shape index (κ3) is 3.64. The predicted octanol–water partition coefficient (Wildman–Crippen LogP) is 1.32. The minimum Gasteiger partial charge on any atom is -0.429 e. The van der Waals surface area contributed by atoms with Crippen LogP contribution in [0.15, 0.2) is 30.3 Å². The van der Waals surface area contributed by atoms with Gasteiger partial charge >= 0.3 is 5.97 Å². The van der Waals surface area contributed by atoms with Gasteiger partial charge in [0.2, 0.25) is 6.29 Å². The van der Waals surface area contributed by atoms with Crippen molar-refractivity contribution in [1.82, 2.24) is 0 Å². The Bertz CT molecular complexity index is 323. The monoisotopic (exact) mass is 224 g/mol. The van der Waals surface area contributed by atoms with E-state index in [2.05, 4.69) is 0 Å². The van der Waals surface area contributed by atoms with Crippen LogP contribution in [0, 0.1) is 0 Å². The molecule has 2 atom stereocenters. The minimum atomic E-state index is -1.47. The summed E-state index contributed by atoms with van der Waals surface area (Å²) in [7, 11) is 0. The summed E-state index contributed by atoms with van der Waals surface area (Å²) >= 11 is 0. The lowest BCUT2D eigenvalue weighted by atomic mass is 10.2. The lowest BCUT2D eigenvalue weighted by molar-refractivity contribution is -0.131. The van der Waals surface area contributed by atoms with Gasteiger partial charge in [0.25, 0.3) is 0 Å². The fraction of sp³-hybridized carbons (Fsp3) is 0.417.